The minimum absolute atomic E-state index is 0.0428. The molecule has 0 radical (unpaired) electrons. The van der Waals surface area contributed by atoms with E-state index in [4.69, 9.17) is 0 Å². The zero-order valence-electron chi connectivity index (χ0n) is 12.6. The van der Waals surface area contributed by atoms with E-state index < -0.39 is 5.82 Å². The van der Waals surface area contributed by atoms with Crippen LogP contribution in [0.4, 0.5) is 4.39 Å². The van der Waals surface area contributed by atoms with Gasteiger partial charge in [-0.1, -0.05) is 6.92 Å². The molecule has 22 heavy (non-hydrogen) atoms. The number of aromatic nitrogens is 1. The van der Waals surface area contributed by atoms with Gasteiger partial charge in [0.05, 0.1) is 5.52 Å². The zero-order valence-corrected chi connectivity index (χ0v) is 12.6. The summed E-state index contributed by atoms with van der Waals surface area (Å²) in [6.45, 7) is 3.95. The van der Waals surface area contributed by atoms with E-state index in [-0.39, 0.29) is 17.9 Å². The molecule has 3 rings (SSSR count). The lowest BCUT2D eigenvalue weighted by atomic mass is 9.99. The Hall–Kier alpha value is -2.17. The van der Waals surface area contributed by atoms with E-state index in [1.165, 1.54) is 18.2 Å². The van der Waals surface area contributed by atoms with Crippen LogP contribution in [0.15, 0.2) is 35.3 Å². The smallest absolute Gasteiger partial charge is 0.242 e. The van der Waals surface area contributed by atoms with Gasteiger partial charge in [-0.05, 0) is 37.0 Å². The van der Waals surface area contributed by atoms with Crippen molar-refractivity contribution in [3.05, 3.63) is 46.5 Å². The Bertz CT molecular complexity index is 761. The molecule has 116 valence electrons. The van der Waals surface area contributed by atoms with Crippen molar-refractivity contribution >= 4 is 16.8 Å². The van der Waals surface area contributed by atoms with Gasteiger partial charge in [-0.3, -0.25) is 9.59 Å². The number of likely N-dealkylation sites (tertiary alicyclic amines) is 1. The summed E-state index contributed by atoms with van der Waals surface area (Å²) in [4.78, 5) is 26.1. The molecule has 0 unspecified atom stereocenters. The minimum Gasteiger partial charge on any atom is -0.341 e. The summed E-state index contributed by atoms with van der Waals surface area (Å²) in [6, 6.07) is 5.47. The Morgan fingerprint density at radius 3 is 2.73 bits per heavy atom. The molecule has 5 heteroatoms. The summed E-state index contributed by atoms with van der Waals surface area (Å²) in [5.74, 6) is 0.264. The van der Waals surface area contributed by atoms with Crippen molar-refractivity contribution in [2.45, 2.75) is 26.3 Å². The van der Waals surface area contributed by atoms with Crippen molar-refractivity contribution < 1.29 is 9.18 Å². The van der Waals surface area contributed by atoms with Gasteiger partial charge in [0, 0.05) is 30.7 Å². The first-order valence-corrected chi connectivity index (χ1v) is 7.61. The second-order valence-electron chi connectivity index (χ2n) is 6.03. The highest BCUT2D eigenvalue weighted by Gasteiger charge is 2.20. The number of hydrogen-bond donors (Lipinski definition) is 0. The average molecular weight is 302 g/mol. The van der Waals surface area contributed by atoms with Crippen LogP contribution in [0, 0.1) is 11.7 Å². The zero-order chi connectivity index (χ0) is 15.7. The molecule has 0 aliphatic carbocycles. The summed E-state index contributed by atoms with van der Waals surface area (Å²) >= 11 is 0. The summed E-state index contributed by atoms with van der Waals surface area (Å²) in [5.41, 5.74) is 0.359. The number of hydrogen-bond acceptors (Lipinski definition) is 2. The Morgan fingerprint density at radius 2 is 2.00 bits per heavy atom. The third-order valence-corrected chi connectivity index (χ3v) is 4.38. The number of rotatable bonds is 2. The monoisotopic (exact) mass is 302 g/mol. The molecule has 1 aliphatic rings. The standard InChI is InChI=1S/C17H19FN2O2/c1-12-4-7-19(8-5-12)17(22)11-20-9-6-16(21)14-10-13(18)2-3-15(14)20/h2-3,6,9-10,12H,4-5,7-8,11H2,1H3. The second kappa shape index (κ2) is 5.91. The van der Waals surface area contributed by atoms with Crippen molar-refractivity contribution in [2.24, 2.45) is 5.92 Å². The van der Waals surface area contributed by atoms with Crippen molar-refractivity contribution in [1.82, 2.24) is 9.47 Å². The average Bonchev–Trinajstić information content (AvgIpc) is 2.51. The molecule has 1 fully saturated rings. The van der Waals surface area contributed by atoms with E-state index in [1.807, 2.05) is 4.90 Å². The van der Waals surface area contributed by atoms with E-state index in [9.17, 15) is 14.0 Å². The van der Waals surface area contributed by atoms with Gasteiger partial charge in [0.2, 0.25) is 5.91 Å². The lowest BCUT2D eigenvalue weighted by molar-refractivity contribution is -0.133. The number of carbonyl (C=O) groups is 1. The molecule has 0 N–H and O–H groups in total. The van der Waals surface area contributed by atoms with Gasteiger partial charge in [-0.15, -0.1) is 0 Å². The second-order valence-corrected chi connectivity index (χ2v) is 6.03. The van der Waals surface area contributed by atoms with Crippen molar-refractivity contribution in [2.75, 3.05) is 13.1 Å². The lowest BCUT2D eigenvalue weighted by Crippen LogP contribution is -2.39. The Balaban J connectivity index is 1.86. The quantitative estimate of drug-likeness (QED) is 0.855. The first kappa shape index (κ1) is 14.8. The molecule has 2 heterocycles. The minimum atomic E-state index is -0.446. The highest BCUT2D eigenvalue weighted by atomic mass is 19.1. The third kappa shape index (κ3) is 2.89. The van der Waals surface area contributed by atoms with E-state index >= 15 is 0 Å². The van der Waals surface area contributed by atoms with Crippen molar-refractivity contribution in [3.63, 3.8) is 0 Å². The van der Waals surface area contributed by atoms with Gasteiger partial charge in [0.25, 0.3) is 0 Å². The predicted octanol–water partition coefficient (Wildman–Crippen LogP) is 2.40. The van der Waals surface area contributed by atoms with Crippen LogP contribution in [-0.4, -0.2) is 28.5 Å². The molecular weight excluding hydrogens is 283 g/mol. The van der Waals surface area contributed by atoms with Crippen LogP contribution in [0.25, 0.3) is 10.9 Å². The maximum Gasteiger partial charge on any atom is 0.242 e. The number of carbonyl (C=O) groups excluding carboxylic acids is 1. The first-order chi connectivity index (χ1) is 10.5. The maximum atomic E-state index is 13.3. The molecule has 0 bridgehead atoms. The molecule has 4 nitrogen and oxygen atoms in total. The third-order valence-electron chi connectivity index (χ3n) is 4.38. The Morgan fingerprint density at radius 1 is 1.27 bits per heavy atom. The van der Waals surface area contributed by atoms with Crippen LogP contribution in [-0.2, 0) is 11.3 Å². The first-order valence-electron chi connectivity index (χ1n) is 7.61. The molecule has 1 aliphatic heterocycles. The summed E-state index contributed by atoms with van der Waals surface area (Å²) in [7, 11) is 0. The molecule has 1 amide bonds. The van der Waals surface area contributed by atoms with E-state index in [0.717, 1.165) is 25.9 Å². The molecule has 1 aromatic carbocycles. The van der Waals surface area contributed by atoms with Crippen LogP contribution < -0.4 is 5.43 Å². The molecule has 0 saturated carbocycles. The molecule has 0 atom stereocenters. The molecular formula is C17H19FN2O2. The van der Waals surface area contributed by atoms with Crippen molar-refractivity contribution in [3.8, 4) is 0 Å². The van der Waals surface area contributed by atoms with Crippen LogP contribution >= 0.6 is 0 Å². The normalized spacial score (nSPS) is 16.2. The van der Waals surface area contributed by atoms with Gasteiger partial charge in [0.15, 0.2) is 5.43 Å². The topological polar surface area (TPSA) is 42.3 Å². The number of fused-ring (bicyclic) bond motifs is 1. The van der Waals surface area contributed by atoms with E-state index in [0.29, 0.717) is 16.8 Å². The lowest BCUT2D eigenvalue weighted by Gasteiger charge is -2.30. The summed E-state index contributed by atoms with van der Waals surface area (Å²) in [5, 5.41) is 0.308. The number of pyridine rings is 1. The number of benzene rings is 1. The van der Waals surface area contributed by atoms with Gasteiger partial charge >= 0.3 is 0 Å². The molecule has 0 spiro atoms. The van der Waals surface area contributed by atoms with Gasteiger partial charge in [0.1, 0.15) is 12.4 Å². The van der Waals surface area contributed by atoms with Gasteiger partial charge < -0.3 is 9.47 Å². The molecule has 1 saturated heterocycles. The van der Waals surface area contributed by atoms with E-state index in [1.54, 1.807) is 16.8 Å². The summed E-state index contributed by atoms with van der Waals surface area (Å²) in [6.07, 6.45) is 3.66. The van der Waals surface area contributed by atoms with Gasteiger partial charge in [-0.25, -0.2) is 4.39 Å². The van der Waals surface area contributed by atoms with E-state index in [2.05, 4.69) is 6.92 Å². The number of amides is 1. The van der Waals surface area contributed by atoms with Crippen LogP contribution in [0.2, 0.25) is 0 Å². The highest BCUT2D eigenvalue weighted by molar-refractivity contribution is 5.82. The van der Waals surface area contributed by atoms with Crippen LogP contribution in [0.5, 0.6) is 0 Å². The number of nitrogens with zero attached hydrogens (tertiary/aromatic N) is 2. The fraction of sp³-hybridized carbons (Fsp3) is 0.412. The maximum absolute atomic E-state index is 13.3. The Kier molecular flexibility index (Phi) is 3.96. The SMILES string of the molecule is CC1CCN(C(=O)Cn2ccc(=O)c3cc(F)ccc32)CC1. The fourth-order valence-corrected chi connectivity index (χ4v) is 2.93. The fourth-order valence-electron chi connectivity index (χ4n) is 2.93. The molecule has 1 aromatic heterocycles. The van der Waals surface area contributed by atoms with Crippen LogP contribution in [0.3, 0.4) is 0 Å². The van der Waals surface area contributed by atoms with Crippen molar-refractivity contribution in [1.29, 1.82) is 0 Å². The largest absolute Gasteiger partial charge is 0.341 e. The number of halogens is 1. The predicted molar refractivity (Wildman–Crippen MR) is 83.1 cm³/mol. The van der Waals surface area contributed by atoms with Gasteiger partial charge in [-0.2, -0.15) is 0 Å². The summed E-state index contributed by atoms with van der Waals surface area (Å²) < 4.78 is 15.0. The number of piperidine rings is 1. The van der Waals surface area contributed by atoms with Crippen LogP contribution in [0.1, 0.15) is 19.8 Å². The Labute approximate surface area is 128 Å². The molecule has 2 aromatic rings. The highest BCUT2D eigenvalue weighted by Crippen LogP contribution is 2.17.